The highest BCUT2D eigenvalue weighted by Gasteiger charge is 2.20. The third-order valence-corrected chi connectivity index (χ3v) is 6.43. The number of hydrogen-bond donors (Lipinski definition) is 0. The predicted octanol–water partition coefficient (Wildman–Crippen LogP) is 8.94. The fourth-order valence-corrected chi connectivity index (χ4v) is 4.70. The summed E-state index contributed by atoms with van der Waals surface area (Å²) in [7, 11) is 0. The predicted molar refractivity (Wildman–Crippen MR) is 140 cm³/mol. The van der Waals surface area contributed by atoms with E-state index in [1.165, 1.54) is 44.8 Å². The zero-order chi connectivity index (χ0) is 21.9. The minimum atomic E-state index is 0.890. The van der Waals surface area contributed by atoms with Crippen LogP contribution in [0.25, 0.3) is 44.8 Å². The number of nitrogens with zero attached hydrogens (tertiary/aromatic N) is 1. The first-order valence-corrected chi connectivity index (χ1v) is 11.7. The van der Waals surface area contributed by atoms with E-state index in [0.717, 1.165) is 11.0 Å². The third-order valence-electron chi connectivity index (χ3n) is 5.90. The van der Waals surface area contributed by atoms with Crippen LogP contribution in [0.1, 0.15) is 6.92 Å². The maximum atomic E-state index is 3.56. The van der Waals surface area contributed by atoms with Crippen LogP contribution in [-0.2, 0) is 6.54 Å². The molecule has 0 N–H and O–H groups in total. The van der Waals surface area contributed by atoms with E-state index >= 15 is 0 Å². The Kier molecular flexibility index (Phi) is 5.79. The van der Waals surface area contributed by atoms with Gasteiger partial charge in [-0.2, -0.15) is 0 Å². The molecule has 1 aromatic heterocycles. The molecule has 1 nitrogen and oxygen atoms in total. The fourth-order valence-electron chi connectivity index (χ4n) is 4.43. The molecule has 1 heterocycles. The van der Waals surface area contributed by atoms with Crippen molar-refractivity contribution in [1.82, 2.24) is 4.57 Å². The normalized spacial score (nSPS) is 10.9. The molecular formula is C30H24BrN. The molecule has 0 atom stereocenters. The van der Waals surface area contributed by atoms with Gasteiger partial charge in [0.25, 0.3) is 0 Å². The lowest BCUT2D eigenvalue weighted by Gasteiger charge is -2.15. The zero-order valence-electron chi connectivity index (χ0n) is 18.0. The SMILES string of the molecule is CCn1c(-c2ccccc2-c2ccc(Br)cc2)cc(-c2ccccc2)c1-c1ccccc1. The van der Waals surface area contributed by atoms with Crippen molar-refractivity contribution in [3.63, 3.8) is 0 Å². The third kappa shape index (κ3) is 3.83. The Balaban J connectivity index is 1.79. The first-order valence-electron chi connectivity index (χ1n) is 11.0. The Labute approximate surface area is 198 Å². The number of halogens is 1. The Morgan fingerprint density at radius 2 is 1.09 bits per heavy atom. The van der Waals surface area contributed by atoms with Crippen molar-refractivity contribution in [2.45, 2.75) is 13.5 Å². The van der Waals surface area contributed by atoms with Gasteiger partial charge in [0.1, 0.15) is 0 Å². The molecule has 0 aliphatic rings. The average molecular weight is 478 g/mol. The molecule has 0 saturated heterocycles. The lowest BCUT2D eigenvalue weighted by atomic mass is 9.97. The molecule has 4 aromatic carbocycles. The number of rotatable bonds is 5. The summed E-state index contributed by atoms with van der Waals surface area (Å²) in [6.07, 6.45) is 0. The monoisotopic (exact) mass is 477 g/mol. The fraction of sp³-hybridized carbons (Fsp3) is 0.0667. The molecule has 0 unspecified atom stereocenters. The molecule has 156 valence electrons. The number of benzene rings is 4. The van der Waals surface area contributed by atoms with Crippen molar-refractivity contribution in [2.24, 2.45) is 0 Å². The summed E-state index contributed by atoms with van der Waals surface area (Å²) in [5.41, 5.74) is 9.95. The lowest BCUT2D eigenvalue weighted by molar-refractivity contribution is 0.785. The summed E-state index contributed by atoms with van der Waals surface area (Å²) in [6, 6.07) is 41.1. The van der Waals surface area contributed by atoms with Crippen molar-refractivity contribution in [2.75, 3.05) is 0 Å². The van der Waals surface area contributed by atoms with Crippen molar-refractivity contribution in [3.8, 4) is 44.8 Å². The molecule has 0 amide bonds. The quantitative estimate of drug-likeness (QED) is 0.238. The van der Waals surface area contributed by atoms with Gasteiger partial charge in [-0.1, -0.05) is 113 Å². The van der Waals surface area contributed by atoms with Gasteiger partial charge >= 0.3 is 0 Å². The van der Waals surface area contributed by atoms with E-state index in [4.69, 9.17) is 0 Å². The van der Waals surface area contributed by atoms with Gasteiger partial charge in [0, 0.05) is 27.8 Å². The molecule has 5 rings (SSSR count). The molecule has 0 fully saturated rings. The summed E-state index contributed by atoms with van der Waals surface area (Å²) >= 11 is 3.56. The lowest BCUT2D eigenvalue weighted by Crippen LogP contribution is -2.01. The van der Waals surface area contributed by atoms with Crippen LogP contribution in [0.3, 0.4) is 0 Å². The molecule has 0 aliphatic carbocycles. The highest BCUT2D eigenvalue weighted by atomic mass is 79.9. The molecule has 32 heavy (non-hydrogen) atoms. The van der Waals surface area contributed by atoms with E-state index < -0.39 is 0 Å². The van der Waals surface area contributed by atoms with Crippen molar-refractivity contribution in [1.29, 1.82) is 0 Å². The van der Waals surface area contributed by atoms with E-state index in [0.29, 0.717) is 0 Å². The molecular weight excluding hydrogens is 454 g/mol. The first-order chi connectivity index (χ1) is 15.8. The van der Waals surface area contributed by atoms with Gasteiger partial charge in [0.15, 0.2) is 0 Å². The van der Waals surface area contributed by atoms with Crippen molar-refractivity contribution >= 4 is 15.9 Å². The number of hydrogen-bond acceptors (Lipinski definition) is 0. The minimum absolute atomic E-state index is 0.890. The summed E-state index contributed by atoms with van der Waals surface area (Å²) < 4.78 is 3.54. The van der Waals surface area contributed by atoms with E-state index in [2.05, 4.69) is 143 Å². The van der Waals surface area contributed by atoms with Crippen LogP contribution >= 0.6 is 15.9 Å². The minimum Gasteiger partial charge on any atom is -0.340 e. The van der Waals surface area contributed by atoms with Crippen LogP contribution in [-0.4, -0.2) is 4.57 Å². The summed E-state index contributed by atoms with van der Waals surface area (Å²) in [4.78, 5) is 0. The second-order valence-electron chi connectivity index (χ2n) is 7.82. The summed E-state index contributed by atoms with van der Waals surface area (Å²) in [5.74, 6) is 0. The van der Waals surface area contributed by atoms with Gasteiger partial charge in [-0.3, -0.25) is 0 Å². The van der Waals surface area contributed by atoms with Crippen LogP contribution in [0.5, 0.6) is 0 Å². The van der Waals surface area contributed by atoms with E-state index in [-0.39, 0.29) is 0 Å². The Morgan fingerprint density at radius 1 is 0.562 bits per heavy atom. The Morgan fingerprint density at radius 3 is 1.72 bits per heavy atom. The Bertz CT molecular complexity index is 1330. The van der Waals surface area contributed by atoms with Gasteiger partial charge in [-0.25, -0.2) is 0 Å². The van der Waals surface area contributed by atoms with Gasteiger partial charge in [0.2, 0.25) is 0 Å². The second kappa shape index (κ2) is 9.02. The van der Waals surface area contributed by atoms with E-state index in [1.807, 2.05) is 0 Å². The Hall–Kier alpha value is -3.36. The van der Waals surface area contributed by atoms with Crippen LogP contribution in [0, 0.1) is 0 Å². The average Bonchev–Trinajstić information content (AvgIpc) is 3.25. The maximum absolute atomic E-state index is 3.56. The van der Waals surface area contributed by atoms with E-state index in [9.17, 15) is 0 Å². The molecule has 0 spiro atoms. The molecule has 0 radical (unpaired) electrons. The number of aromatic nitrogens is 1. The molecule has 5 aromatic rings. The molecule has 0 aliphatic heterocycles. The largest absolute Gasteiger partial charge is 0.340 e. The van der Waals surface area contributed by atoms with Gasteiger partial charge in [-0.15, -0.1) is 0 Å². The topological polar surface area (TPSA) is 4.93 Å². The van der Waals surface area contributed by atoms with Gasteiger partial charge in [0.05, 0.1) is 5.69 Å². The summed E-state index contributed by atoms with van der Waals surface area (Å²) in [6.45, 7) is 3.12. The molecule has 0 bridgehead atoms. The molecule has 2 heteroatoms. The highest BCUT2D eigenvalue weighted by molar-refractivity contribution is 9.10. The zero-order valence-corrected chi connectivity index (χ0v) is 19.6. The highest BCUT2D eigenvalue weighted by Crippen LogP contribution is 2.41. The van der Waals surface area contributed by atoms with Gasteiger partial charge in [-0.05, 0) is 47.4 Å². The van der Waals surface area contributed by atoms with Crippen LogP contribution in [0.15, 0.2) is 120 Å². The van der Waals surface area contributed by atoms with Crippen LogP contribution in [0.2, 0.25) is 0 Å². The summed E-state index contributed by atoms with van der Waals surface area (Å²) in [5, 5.41) is 0. The van der Waals surface area contributed by atoms with Crippen LogP contribution in [0.4, 0.5) is 0 Å². The maximum Gasteiger partial charge on any atom is 0.0564 e. The smallest absolute Gasteiger partial charge is 0.0564 e. The standard InChI is InChI=1S/C30H24BrN/c1-2-32-29(27-16-10-9-15-26(27)23-17-19-25(31)20-18-23)21-28(22-11-5-3-6-12-22)30(32)24-13-7-4-8-14-24/h3-21H,2H2,1H3. The van der Waals surface area contributed by atoms with Crippen molar-refractivity contribution in [3.05, 3.63) is 120 Å². The first kappa shape index (κ1) is 20.5. The van der Waals surface area contributed by atoms with Gasteiger partial charge < -0.3 is 4.57 Å². The second-order valence-corrected chi connectivity index (χ2v) is 8.74. The molecule has 0 saturated carbocycles. The van der Waals surface area contributed by atoms with Crippen LogP contribution < -0.4 is 0 Å². The van der Waals surface area contributed by atoms with Crippen molar-refractivity contribution < 1.29 is 0 Å². The van der Waals surface area contributed by atoms with E-state index in [1.54, 1.807) is 0 Å².